The molecule has 0 heterocycles. The molecule has 1 aliphatic carbocycles. The molecule has 2 N–H and O–H groups in total. The SMILES string of the molecule is CC(O)C(C)(C)NC(=O)C1CCCCCCC1. The van der Waals surface area contributed by atoms with E-state index in [2.05, 4.69) is 5.32 Å². The summed E-state index contributed by atoms with van der Waals surface area (Å²) in [5, 5.41) is 12.6. The van der Waals surface area contributed by atoms with Gasteiger partial charge in [0, 0.05) is 5.92 Å². The molecule has 1 fully saturated rings. The molecule has 3 nitrogen and oxygen atoms in total. The van der Waals surface area contributed by atoms with Crippen molar-refractivity contribution in [1.29, 1.82) is 0 Å². The lowest BCUT2D eigenvalue weighted by Crippen LogP contribution is -2.52. The van der Waals surface area contributed by atoms with E-state index in [4.69, 9.17) is 0 Å². The maximum atomic E-state index is 12.2. The number of carbonyl (C=O) groups excluding carboxylic acids is 1. The summed E-state index contributed by atoms with van der Waals surface area (Å²) in [6.07, 6.45) is 7.62. The van der Waals surface area contributed by atoms with Crippen LogP contribution in [0.3, 0.4) is 0 Å². The van der Waals surface area contributed by atoms with Crippen molar-refractivity contribution in [3.8, 4) is 0 Å². The van der Waals surface area contributed by atoms with Crippen molar-refractivity contribution in [2.75, 3.05) is 0 Å². The van der Waals surface area contributed by atoms with Gasteiger partial charge in [-0.2, -0.15) is 0 Å². The molecule has 0 radical (unpaired) electrons. The van der Waals surface area contributed by atoms with Gasteiger partial charge in [0.2, 0.25) is 5.91 Å². The van der Waals surface area contributed by atoms with E-state index in [0.29, 0.717) is 0 Å². The lowest BCUT2D eigenvalue weighted by atomic mass is 9.89. The molecule has 1 aliphatic rings. The van der Waals surface area contributed by atoms with Crippen LogP contribution in [0.2, 0.25) is 0 Å². The Labute approximate surface area is 105 Å². The molecule has 0 spiro atoms. The highest BCUT2D eigenvalue weighted by Gasteiger charge is 2.29. The minimum atomic E-state index is -0.528. The molecule has 1 atom stereocenters. The van der Waals surface area contributed by atoms with Crippen molar-refractivity contribution >= 4 is 5.91 Å². The Hall–Kier alpha value is -0.570. The molecule has 1 rings (SSSR count). The van der Waals surface area contributed by atoms with Crippen LogP contribution < -0.4 is 5.32 Å². The van der Waals surface area contributed by atoms with Gasteiger partial charge in [0.15, 0.2) is 0 Å². The van der Waals surface area contributed by atoms with Crippen LogP contribution in [-0.4, -0.2) is 22.7 Å². The van der Waals surface area contributed by atoms with Crippen molar-refractivity contribution < 1.29 is 9.90 Å². The summed E-state index contributed by atoms with van der Waals surface area (Å²) in [5.74, 6) is 0.270. The minimum Gasteiger partial charge on any atom is -0.391 e. The van der Waals surface area contributed by atoms with E-state index in [1.807, 2.05) is 13.8 Å². The maximum Gasteiger partial charge on any atom is 0.223 e. The zero-order chi connectivity index (χ0) is 12.9. The third-order valence-electron chi connectivity index (χ3n) is 3.97. The summed E-state index contributed by atoms with van der Waals surface area (Å²) < 4.78 is 0. The van der Waals surface area contributed by atoms with Gasteiger partial charge in [-0.25, -0.2) is 0 Å². The van der Waals surface area contributed by atoms with Gasteiger partial charge in [0.1, 0.15) is 0 Å². The number of amides is 1. The van der Waals surface area contributed by atoms with E-state index in [1.165, 1.54) is 19.3 Å². The van der Waals surface area contributed by atoms with E-state index in [1.54, 1.807) is 6.92 Å². The fourth-order valence-electron chi connectivity index (χ4n) is 2.24. The highest BCUT2D eigenvalue weighted by Crippen LogP contribution is 2.23. The first-order chi connectivity index (χ1) is 7.93. The predicted octanol–water partition coefficient (Wildman–Crippen LogP) is 2.62. The summed E-state index contributed by atoms with van der Waals surface area (Å²) in [4.78, 5) is 12.2. The van der Waals surface area contributed by atoms with Crippen LogP contribution in [0, 0.1) is 5.92 Å². The van der Waals surface area contributed by atoms with Crippen molar-refractivity contribution in [2.24, 2.45) is 5.92 Å². The molecule has 0 saturated heterocycles. The molecule has 0 aromatic carbocycles. The van der Waals surface area contributed by atoms with Gasteiger partial charge in [0.05, 0.1) is 11.6 Å². The van der Waals surface area contributed by atoms with Gasteiger partial charge in [-0.05, 0) is 33.6 Å². The summed E-state index contributed by atoms with van der Waals surface area (Å²) in [6.45, 7) is 5.47. The van der Waals surface area contributed by atoms with Gasteiger partial charge in [-0.15, -0.1) is 0 Å². The molecule has 0 aromatic heterocycles. The van der Waals surface area contributed by atoms with Crippen LogP contribution in [0.25, 0.3) is 0 Å². The van der Waals surface area contributed by atoms with Crippen LogP contribution in [0.5, 0.6) is 0 Å². The molecule has 3 heteroatoms. The topological polar surface area (TPSA) is 49.3 Å². The standard InChI is InChI=1S/C14H27NO2/c1-11(16)14(2,3)15-13(17)12-9-7-5-4-6-8-10-12/h11-12,16H,4-10H2,1-3H3,(H,15,17). The Morgan fingerprint density at radius 3 is 2.12 bits per heavy atom. The Morgan fingerprint density at radius 2 is 1.65 bits per heavy atom. The fraction of sp³-hybridized carbons (Fsp3) is 0.929. The van der Waals surface area contributed by atoms with Gasteiger partial charge in [-0.3, -0.25) is 4.79 Å². The Morgan fingerprint density at radius 1 is 1.18 bits per heavy atom. The van der Waals surface area contributed by atoms with E-state index in [9.17, 15) is 9.90 Å². The highest BCUT2D eigenvalue weighted by molar-refractivity contribution is 5.79. The van der Waals surface area contributed by atoms with Crippen molar-refractivity contribution in [2.45, 2.75) is 77.4 Å². The Bertz CT molecular complexity index is 241. The van der Waals surface area contributed by atoms with Gasteiger partial charge in [0.25, 0.3) is 0 Å². The van der Waals surface area contributed by atoms with Crippen LogP contribution >= 0.6 is 0 Å². The molecule has 0 aliphatic heterocycles. The average Bonchev–Trinajstić information content (AvgIpc) is 2.15. The lowest BCUT2D eigenvalue weighted by molar-refractivity contribution is -0.128. The molecule has 0 aromatic rings. The number of carbonyl (C=O) groups is 1. The van der Waals surface area contributed by atoms with Crippen LogP contribution in [-0.2, 0) is 4.79 Å². The molecule has 1 saturated carbocycles. The molecule has 17 heavy (non-hydrogen) atoms. The van der Waals surface area contributed by atoms with E-state index < -0.39 is 11.6 Å². The average molecular weight is 241 g/mol. The summed E-state index contributed by atoms with van der Waals surface area (Å²) in [5.41, 5.74) is -0.528. The molecule has 100 valence electrons. The number of rotatable bonds is 3. The quantitative estimate of drug-likeness (QED) is 0.798. The third-order valence-corrected chi connectivity index (χ3v) is 3.97. The number of aliphatic hydroxyl groups excluding tert-OH is 1. The number of aliphatic hydroxyl groups is 1. The lowest BCUT2D eigenvalue weighted by Gasteiger charge is -2.31. The van der Waals surface area contributed by atoms with E-state index in [-0.39, 0.29) is 11.8 Å². The third kappa shape index (κ3) is 4.66. The molecule has 1 unspecified atom stereocenters. The summed E-state index contributed by atoms with van der Waals surface area (Å²) in [7, 11) is 0. The van der Waals surface area contributed by atoms with Crippen LogP contribution in [0.15, 0.2) is 0 Å². The zero-order valence-electron chi connectivity index (χ0n) is 11.5. The summed E-state index contributed by atoms with van der Waals surface area (Å²) >= 11 is 0. The van der Waals surface area contributed by atoms with Gasteiger partial charge in [-0.1, -0.05) is 32.1 Å². The smallest absolute Gasteiger partial charge is 0.223 e. The first-order valence-electron chi connectivity index (χ1n) is 6.93. The Kier molecular flexibility index (Phi) is 5.44. The highest BCUT2D eigenvalue weighted by atomic mass is 16.3. The molecular formula is C14H27NO2. The second-order valence-electron chi connectivity index (χ2n) is 5.93. The normalized spacial score (nSPS) is 21.4. The number of hydrogen-bond acceptors (Lipinski definition) is 2. The van der Waals surface area contributed by atoms with Crippen molar-refractivity contribution in [3.05, 3.63) is 0 Å². The predicted molar refractivity (Wildman–Crippen MR) is 69.7 cm³/mol. The van der Waals surface area contributed by atoms with Crippen molar-refractivity contribution in [3.63, 3.8) is 0 Å². The largest absolute Gasteiger partial charge is 0.391 e. The molecule has 1 amide bonds. The van der Waals surface area contributed by atoms with E-state index in [0.717, 1.165) is 25.7 Å². The number of hydrogen-bond donors (Lipinski definition) is 2. The second-order valence-corrected chi connectivity index (χ2v) is 5.93. The van der Waals surface area contributed by atoms with Crippen LogP contribution in [0.4, 0.5) is 0 Å². The number of nitrogens with one attached hydrogen (secondary N) is 1. The van der Waals surface area contributed by atoms with Gasteiger partial charge >= 0.3 is 0 Å². The molecular weight excluding hydrogens is 214 g/mol. The minimum absolute atomic E-state index is 0.123. The second kappa shape index (κ2) is 6.39. The maximum absolute atomic E-state index is 12.2. The van der Waals surface area contributed by atoms with Crippen LogP contribution in [0.1, 0.15) is 65.7 Å². The van der Waals surface area contributed by atoms with E-state index >= 15 is 0 Å². The summed E-state index contributed by atoms with van der Waals surface area (Å²) in [6, 6.07) is 0. The first-order valence-corrected chi connectivity index (χ1v) is 6.93. The first kappa shape index (κ1) is 14.5. The molecule has 0 bridgehead atoms. The van der Waals surface area contributed by atoms with Crippen molar-refractivity contribution in [1.82, 2.24) is 5.32 Å². The monoisotopic (exact) mass is 241 g/mol. The van der Waals surface area contributed by atoms with Gasteiger partial charge < -0.3 is 10.4 Å². The zero-order valence-corrected chi connectivity index (χ0v) is 11.5. The Balaban J connectivity index is 2.50. The fourth-order valence-corrected chi connectivity index (χ4v) is 2.24.